The first kappa shape index (κ1) is 25.5. The summed E-state index contributed by atoms with van der Waals surface area (Å²) in [6.45, 7) is -0.314. The van der Waals surface area contributed by atoms with E-state index in [0.29, 0.717) is 50.5 Å². The average molecular weight is 542 g/mol. The van der Waals surface area contributed by atoms with Gasteiger partial charge in [0.2, 0.25) is 6.79 Å². The molecule has 206 valence electrons. The van der Waals surface area contributed by atoms with Crippen molar-refractivity contribution >= 4 is 16.7 Å². The number of carbonyl (C=O) groups is 1. The number of aliphatic hydroxyl groups excluding tert-OH is 4. The van der Waals surface area contributed by atoms with Crippen LogP contribution in [0.4, 0.5) is 0 Å². The minimum Gasteiger partial charge on any atom is -0.493 e. The summed E-state index contributed by atoms with van der Waals surface area (Å²) in [5, 5.41) is 41.4. The van der Waals surface area contributed by atoms with Crippen molar-refractivity contribution in [3.05, 3.63) is 41.5 Å². The van der Waals surface area contributed by atoms with Crippen molar-refractivity contribution in [2.45, 2.75) is 37.3 Å². The SMILES string of the molecule is COc1cc2c(OC[C@@H]3O[C@@H](O)[C@@H](O)[C@H](O)[C@H]3O)c3c(c(-c4ccc5c(c4)OCO5)c2cc1OC)C(=O)OC3. The maximum atomic E-state index is 13.1. The van der Waals surface area contributed by atoms with Crippen molar-refractivity contribution in [2.24, 2.45) is 0 Å². The van der Waals surface area contributed by atoms with Crippen LogP contribution in [0.3, 0.4) is 0 Å². The number of hydrogen-bond donors (Lipinski definition) is 4. The van der Waals surface area contributed by atoms with Gasteiger partial charge in [-0.2, -0.15) is 0 Å². The van der Waals surface area contributed by atoms with Crippen LogP contribution in [0.15, 0.2) is 30.3 Å². The normalized spacial score (nSPS) is 25.4. The van der Waals surface area contributed by atoms with Crippen LogP contribution < -0.4 is 23.7 Å². The lowest BCUT2D eigenvalue weighted by molar-refractivity contribution is -0.285. The third-order valence-corrected chi connectivity index (χ3v) is 7.16. The average Bonchev–Trinajstić information content (AvgIpc) is 3.57. The van der Waals surface area contributed by atoms with E-state index in [1.807, 2.05) is 6.07 Å². The smallest absolute Gasteiger partial charge is 0.339 e. The largest absolute Gasteiger partial charge is 0.493 e. The summed E-state index contributed by atoms with van der Waals surface area (Å²) in [4.78, 5) is 13.1. The highest BCUT2D eigenvalue weighted by Crippen LogP contribution is 2.49. The molecule has 4 N–H and O–H groups in total. The van der Waals surface area contributed by atoms with Gasteiger partial charge in [0.25, 0.3) is 0 Å². The summed E-state index contributed by atoms with van der Waals surface area (Å²) in [6, 6.07) is 8.78. The van der Waals surface area contributed by atoms with Crippen molar-refractivity contribution in [1.82, 2.24) is 0 Å². The molecular weight excluding hydrogens is 516 g/mol. The molecule has 1 saturated heterocycles. The molecule has 0 amide bonds. The summed E-state index contributed by atoms with van der Waals surface area (Å²) in [5.41, 5.74) is 1.98. The van der Waals surface area contributed by atoms with Gasteiger partial charge in [0, 0.05) is 16.5 Å². The fraction of sp³-hybridized carbons (Fsp3) is 0.370. The lowest BCUT2D eigenvalue weighted by Crippen LogP contribution is -2.58. The molecule has 6 rings (SSSR count). The van der Waals surface area contributed by atoms with E-state index in [1.165, 1.54) is 14.2 Å². The van der Waals surface area contributed by atoms with Crippen LogP contribution in [-0.2, 0) is 16.1 Å². The van der Waals surface area contributed by atoms with Crippen LogP contribution >= 0.6 is 0 Å². The molecule has 1 fully saturated rings. The molecule has 3 heterocycles. The highest BCUT2D eigenvalue weighted by atomic mass is 16.7. The molecule has 0 unspecified atom stereocenters. The highest BCUT2D eigenvalue weighted by molar-refractivity contribution is 6.14. The van der Waals surface area contributed by atoms with E-state index in [2.05, 4.69) is 0 Å². The molecule has 0 radical (unpaired) electrons. The van der Waals surface area contributed by atoms with Crippen molar-refractivity contribution in [2.75, 3.05) is 27.6 Å². The van der Waals surface area contributed by atoms with Gasteiger partial charge in [-0.15, -0.1) is 0 Å². The monoisotopic (exact) mass is 542 g/mol. The Balaban J connectivity index is 1.52. The molecule has 3 aromatic rings. The van der Waals surface area contributed by atoms with Gasteiger partial charge in [-0.3, -0.25) is 0 Å². The molecule has 12 heteroatoms. The van der Waals surface area contributed by atoms with Crippen LogP contribution in [0.25, 0.3) is 21.9 Å². The second kappa shape index (κ2) is 9.74. The number of carbonyl (C=O) groups excluding carboxylic acids is 1. The fourth-order valence-electron chi connectivity index (χ4n) is 5.16. The van der Waals surface area contributed by atoms with Crippen LogP contribution in [0.2, 0.25) is 0 Å². The fourth-order valence-corrected chi connectivity index (χ4v) is 5.16. The number of ether oxygens (including phenoxy) is 7. The summed E-state index contributed by atoms with van der Waals surface area (Å²) in [6.07, 6.45) is -7.77. The Morgan fingerprint density at radius 1 is 0.846 bits per heavy atom. The first-order chi connectivity index (χ1) is 18.8. The number of cyclic esters (lactones) is 1. The minimum atomic E-state index is -1.72. The van der Waals surface area contributed by atoms with Crippen LogP contribution in [-0.4, -0.2) is 84.7 Å². The Morgan fingerprint density at radius 2 is 1.56 bits per heavy atom. The standard InChI is InChI=1S/C27H26O12/c1-33-16-6-12-13(7-17(16)34-2)25(35-9-19-22(28)23(29)24(30)27(32)39-19)14-8-36-26(31)21(14)20(12)11-3-4-15-18(5-11)38-10-37-15/h3-7,19,22-24,27-30,32H,8-10H2,1-2H3/t19-,22-,23+,24-,27+/m0/s1. The second-order valence-electron chi connectivity index (χ2n) is 9.30. The number of benzene rings is 3. The Labute approximate surface area is 221 Å². The zero-order valence-corrected chi connectivity index (χ0v) is 20.9. The Hall–Kier alpha value is -3.81. The van der Waals surface area contributed by atoms with Crippen molar-refractivity contribution in [3.63, 3.8) is 0 Å². The van der Waals surface area contributed by atoms with Gasteiger partial charge in [-0.25, -0.2) is 4.79 Å². The minimum absolute atomic E-state index is 0.0800. The van der Waals surface area contributed by atoms with E-state index in [0.717, 1.165) is 0 Å². The number of hydrogen-bond acceptors (Lipinski definition) is 12. The van der Waals surface area contributed by atoms with Gasteiger partial charge < -0.3 is 53.6 Å². The van der Waals surface area contributed by atoms with Crippen LogP contribution in [0.1, 0.15) is 15.9 Å². The van der Waals surface area contributed by atoms with Gasteiger partial charge in [0.1, 0.15) is 43.4 Å². The quantitative estimate of drug-likeness (QED) is 0.329. The molecule has 3 aliphatic rings. The molecule has 0 spiro atoms. The maximum absolute atomic E-state index is 13.1. The molecule has 0 aliphatic carbocycles. The lowest BCUT2D eigenvalue weighted by atomic mass is 9.89. The zero-order chi connectivity index (χ0) is 27.4. The third kappa shape index (κ3) is 4.08. The number of methoxy groups -OCH3 is 2. The molecule has 39 heavy (non-hydrogen) atoms. The molecule has 3 aromatic carbocycles. The Bertz CT molecular complexity index is 1450. The molecule has 0 aromatic heterocycles. The van der Waals surface area contributed by atoms with Gasteiger partial charge in [0.15, 0.2) is 29.3 Å². The summed E-state index contributed by atoms with van der Waals surface area (Å²) in [5.74, 6) is 1.64. The van der Waals surface area contributed by atoms with E-state index in [1.54, 1.807) is 24.3 Å². The second-order valence-corrected chi connectivity index (χ2v) is 9.30. The molecule has 12 nitrogen and oxygen atoms in total. The van der Waals surface area contributed by atoms with E-state index >= 15 is 0 Å². The van der Waals surface area contributed by atoms with Gasteiger partial charge in [-0.1, -0.05) is 6.07 Å². The van der Waals surface area contributed by atoms with Crippen molar-refractivity contribution in [3.8, 4) is 39.9 Å². The summed E-state index contributed by atoms with van der Waals surface area (Å²) < 4.78 is 38.9. The predicted molar refractivity (Wildman–Crippen MR) is 132 cm³/mol. The van der Waals surface area contributed by atoms with Gasteiger partial charge in [-0.05, 0) is 35.2 Å². The van der Waals surface area contributed by atoms with Gasteiger partial charge in [0.05, 0.1) is 19.8 Å². The van der Waals surface area contributed by atoms with E-state index < -0.39 is 36.7 Å². The van der Waals surface area contributed by atoms with Crippen molar-refractivity contribution < 1.29 is 58.4 Å². The van der Waals surface area contributed by atoms with Gasteiger partial charge >= 0.3 is 5.97 Å². The zero-order valence-electron chi connectivity index (χ0n) is 20.9. The number of aliphatic hydroxyl groups is 4. The molecule has 0 saturated carbocycles. The van der Waals surface area contributed by atoms with E-state index in [-0.39, 0.29) is 31.3 Å². The summed E-state index contributed by atoms with van der Waals surface area (Å²) >= 11 is 0. The molecule has 0 bridgehead atoms. The van der Waals surface area contributed by atoms with Crippen LogP contribution in [0, 0.1) is 0 Å². The first-order valence-corrected chi connectivity index (χ1v) is 12.1. The third-order valence-electron chi connectivity index (χ3n) is 7.16. The molecular formula is C27H26O12. The summed E-state index contributed by atoms with van der Waals surface area (Å²) in [7, 11) is 2.99. The topological polar surface area (TPSA) is 163 Å². The van der Waals surface area contributed by atoms with Crippen LogP contribution in [0.5, 0.6) is 28.7 Å². The van der Waals surface area contributed by atoms with E-state index in [9.17, 15) is 25.2 Å². The van der Waals surface area contributed by atoms with E-state index in [4.69, 9.17) is 33.2 Å². The Morgan fingerprint density at radius 3 is 2.31 bits per heavy atom. The number of esters is 1. The number of fused-ring (bicyclic) bond motifs is 3. The number of rotatable bonds is 6. The maximum Gasteiger partial charge on any atom is 0.339 e. The molecule has 3 aliphatic heterocycles. The Kier molecular flexibility index (Phi) is 6.36. The first-order valence-electron chi connectivity index (χ1n) is 12.1. The highest BCUT2D eigenvalue weighted by Gasteiger charge is 2.43. The predicted octanol–water partition coefficient (Wildman–Crippen LogP) is 1.10. The molecule has 5 atom stereocenters. The lowest BCUT2D eigenvalue weighted by Gasteiger charge is -2.38. The van der Waals surface area contributed by atoms with Crippen molar-refractivity contribution in [1.29, 1.82) is 0 Å².